The Morgan fingerprint density at radius 2 is 1.75 bits per heavy atom. The molecule has 0 N–H and O–H groups in total. The van der Waals surface area contributed by atoms with Gasteiger partial charge in [-0.15, -0.1) is 0 Å². The van der Waals surface area contributed by atoms with E-state index in [1.54, 1.807) is 18.5 Å². The third-order valence-corrected chi connectivity index (χ3v) is 7.87. The van der Waals surface area contributed by atoms with Crippen molar-refractivity contribution < 1.29 is 8.42 Å². The number of rotatable bonds is 6. The highest BCUT2D eigenvalue weighted by molar-refractivity contribution is 7.89. The summed E-state index contributed by atoms with van der Waals surface area (Å²) >= 11 is 6.58. The van der Waals surface area contributed by atoms with Crippen LogP contribution in [0.2, 0.25) is 5.02 Å². The summed E-state index contributed by atoms with van der Waals surface area (Å²) in [6, 6.07) is 7.83. The molecule has 0 aliphatic heterocycles. The van der Waals surface area contributed by atoms with Crippen molar-refractivity contribution >= 4 is 32.5 Å². The van der Waals surface area contributed by atoms with Crippen LogP contribution in [0.1, 0.15) is 36.5 Å². The van der Waals surface area contributed by atoms with Crippen LogP contribution in [0, 0.1) is 20.8 Å². The van der Waals surface area contributed by atoms with Crippen LogP contribution in [0.5, 0.6) is 0 Å². The van der Waals surface area contributed by atoms with Gasteiger partial charge in [-0.2, -0.15) is 9.40 Å². The zero-order valence-electron chi connectivity index (χ0n) is 16.8. The van der Waals surface area contributed by atoms with Crippen LogP contribution in [0.25, 0.3) is 10.9 Å². The number of pyridine rings is 1. The average Bonchev–Trinajstić information content (AvgIpc) is 2.94. The average molecular weight is 421 g/mol. The minimum atomic E-state index is -3.59. The van der Waals surface area contributed by atoms with Crippen LogP contribution in [0.3, 0.4) is 0 Å². The second-order valence-electron chi connectivity index (χ2n) is 6.76. The summed E-state index contributed by atoms with van der Waals surface area (Å²) in [7, 11) is -3.59. The summed E-state index contributed by atoms with van der Waals surface area (Å²) in [6.07, 6.45) is 0. The predicted octanol–water partition coefficient (Wildman–Crippen LogP) is 4.09. The lowest BCUT2D eigenvalue weighted by Crippen LogP contribution is -2.31. The first-order valence-corrected chi connectivity index (χ1v) is 11.1. The van der Waals surface area contributed by atoms with Crippen LogP contribution in [0.4, 0.5) is 0 Å². The van der Waals surface area contributed by atoms with Gasteiger partial charge in [-0.05, 0) is 32.4 Å². The minimum Gasteiger partial charge on any atom is -0.262 e. The van der Waals surface area contributed by atoms with E-state index < -0.39 is 10.0 Å². The molecule has 8 heteroatoms. The molecular formula is C20H25ClN4O2S. The van der Waals surface area contributed by atoms with E-state index in [0.717, 1.165) is 16.5 Å². The van der Waals surface area contributed by atoms with Gasteiger partial charge in [-0.3, -0.25) is 4.68 Å². The first-order chi connectivity index (χ1) is 13.2. The maximum Gasteiger partial charge on any atom is 0.246 e. The maximum atomic E-state index is 13.0. The van der Waals surface area contributed by atoms with Crippen molar-refractivity contribution in [2.45, 2.75) is 46.1 Å². The molecule has 0 saturated carbocycles. The smallest absolute Gasteiger partial charge is 0.246 e. The fourth-order valence-electron chi connectivity index (χ4n) is 3.56. The molecule has 3 rings (SSSR count). The number of sulfonamides is 1. The lowest BCUT2D eigenvalue weighted by molar-refractivity contribution is 0.444. The summed E-state index contributed by atoms with van der Waals surface area (Å²) in [4.78, 5) is 4.96. The fourth-order valence-corrected chi connectivity index (χ4v) is 5.60. The van der Waals surface area contributed by atoms with Crippen LogP contribution in [-0.2, 0) is 16.6 Å². The maximum absolute atomic E-state index is 13.0. The quantitative estimate of drug-likeness (QED) is 0.602. The first-order valence-electron chi connectivity index (χ1n) is 9.30. The van der Waals surface area contributed by atoms with Crippen molar-refractivity contribution in [1.29, 1.82) is 0 Å². The molecule has 150 valence electrons. The topological polar surface area (TPSA) is 68.1 Å². The fraction of sp³-hybridized carbons (Fsp3) is 0.400. The molecule has 0 saturated heterocycles. The van der Waals surface area contributed by atoms with Crippen molar-refractivity contribution in [2.75, 3.05) is 13.1 Å². The molecule has 0 atom stereocenters. The SMILES string of the molecule is CCN(CC)S(=O)(=O)c1c(C)nn(Cc2nc3ccccc3c(C)c2Cl)c1C. The molecular weight excluding hydrogens is 396 g/mol. The number of nitrogens with zero attached hydrogens (tertiary/aromatic N) is 4. The van der Waals surface area contributed by atoms with Crippen LogP contribution < -0.4 is 0 Å². The number of benzene rings is 1. The summed E-state index contributed by atoms with van der Waals surface area (Å²) < 4.78 is 29.2. The van der Waals surface area contributed by atoms with Gasteiger partial charge in [0.1, 0.15) is 4.90 Å². The number of aromatic nitrogens is 3. The van der Waals surface area contributed by atoms with Crippen LogP contribution in [0.15, 0.2) is 29.2 Å². The minimum absolute atomic E-state index is 0.268. The zero-order chi connectivity index (χ0) is 20.6. The van der Waals surface area contributed by atoms with E-state index >= 15 is 0 Å². The second kappa shape index (κ2) is 7.81. The molecule has 28 heavy (non-hydrogen) atoms. The standard InChI is InChI=1S/C20H25ClN4O2S/c1-6-24(7-2)28(26,27)20-14(4)23-25(15(20)5)12-18-19(21)13(3)16-10-8-9-11-17(16)22-18/h8-11H,6-7,12H2,1-5H3. The number of hydrogen-bond acceptors (Lipinski definition) is 4. The monoisotopic (exact) mass is 420 g/mol. The van der Waals surface area contributed by atoms with Crippen LogP contribution in [-0.4, -0.2) is 40.6 Å². The molecule has 6 nitrogen and oxygen atoms in total. The molecule has 3 aromatic rings. The van der Waals surface area contributed by atoms with Crippen molar-refractivity contribution in [3.05, 3.63) is 51.9 Å². The van der Waals surface area contributed by atoms with Gasteiger partial charge in [0.2, 0.25) is 10.0 Å². The second-order valence-corrected chi connectivity index (χ2v) is 9.01. The Balaban J connectivity index is 2.08. The lowest BCUT2D eigenvalue weighted by atomic mass is 10.1. The molecule has 1 aromatic carbocycles. The number of fused-ring (bicyclic) bond motifs is 1. The summed E-state index contributed by atoms with van der Waals surface area (Å²) in [5.74, 6) is 0. The summed E-state index contributed by atoms with van der Waals surface area (Å²) in [5.41, 5.74) is 3.57. The number of halogens is 1. The predicted molar refractivity (Wildman–Crippen MR) is 112 cm³/mol. The molecule has 0 aliphatic rings. The van der Waals surface area contributed by atoms with E-state index in [-0.39, 0.29) is 4.90 Å². The highest BCUT2D eigenvalue weighted by atomic mass is 35.5. The largest absolute Gasteiger partial charge is 0.262 e. The number of aryl methyl sites for hydroxylation is 2. The molecule has 0 amide bonds. The third kappa shape index (κ3) is 3.43. The van der Waals surface area contributed by atoms with Gasteiger partial charge in [0.15, 0.2) is 0 Å². The van der Waals surface area contributed by atoms with E-state index in [0.29, 0.717) is 41.7 Å². The van der Waals surface area contributed by atoms with Gasteiger partial charge in [-0.1, -0.05) is 43.6 Å². The van der Waals surface area contributed by atoms with Crippen molar-refractivity contribution in [3.8, 4) is 0 Å². The van der Waals surface area contributed by atoms with Gasteiger partial charge in [-0.25, -0.2) is 13.4 Å². The molecule has 0 radical (unpaired) electrons. The Morgan fingerprint density at radius 1 is 1.11 bits per heavy atom. The summed E-state index contributed by atoms with van der Waals surface area (Å²) in [6.45, 7) is 10.3. The van der Waals surface area contributed by atoms with Gasteiger partial charge in [0.25, 0.3) is 0 Å². The highest BCUT2D eigenvalue weighted by Gasteiger charge is 2.29. The summed E-state index contributed by atoms with van der Waals surface area (Å²) in [5, 5.41) is 6.08. The van der Waals surface area contributed by atoms with Crippen LogP contribution >= 0.6 is 11.6 Å². The highest BCUT2D eigenvalue weighted by Crippen LogP contribution is 2.29. The Labute approximate surface area is 171 Å². The molecule has 0 unspecified atom stereocenters. The van der Waals surface area contributed by atoms with Gasteiger partial charge >= 0.3 is 0 Å². The van der Waals surface area contributed by atoms with E-state index in [9.17, 15) is 8.42 Å². The van der Waals surface area contributed by atoms with E-state index in [4.69, 9.17) is 11.6 Å². The van der Waals surface area contributed by atoms with Crippen molar-refractivity contribution in [3.63, 3.8) is 0 Å². The van der Waals surface area contributed by atoms with E-state index in [1.807, 2.05) is 45.0 Å². The molecule has 0 aliphatic carbocycles. The Hall–Kier alpha value is -1.96. The van der Waals surface area contributed by atoms with Crippen molar-refractivity contribution in [2.24, 2.45) is 0 Å². The first kappa shape index (κ1) is 20.8. The van der Waals surface area contributed by atoms with Gasteiger partial charge in [0.05, 0.1) is 34.2 Å². The lowest BCUT2D eigenvalue weighted by Gasteiger charge is -2.18. The number of para-hydroxylation sites is 1. The third-order valence-electron chi connectivity index (χ3n) is 5.06. The molecule has 0 fully saturated rings. The normalized spacial score (nSPS) is 12.2. The van der Waals surface area contributed by atoms with E-state index in [1.165, 1.54) is 4.31 Å². The molecule has 0 spiro atoms. The Kier molecular flexibility index (Phi) is 5.79. The van der Waals surface area contributed by atoms with Crippen molar-refractivity contribution in [1.82, 2.24) is 19.1 Å². The molecule has 0 bridgehead atoms. The molecule has 2 aromatic heterocycles. The Bertz CT molecular complexity index is 1130. The van der Waals surface area contributed by atoms with E-state index in [2.05, 4.69) is 10.1 Å². The number of hydrogen-bond donors (Lipinski definition) is 0. The van der Waals surface area contributed by atoms with Gasteiger partial charge in [0, 0.05) is 18.5 Å². The molecule has 2 heterocycles. The zero-order valence-corrected chi connectivity index (χ0v) is 18.4. The van der Waals surface area contributed by atoms with Gasteiger partial charge < -0.3 is 0 Å². The Morgan fingerprint density at radius 3 is 2.39 bits per heavy atom.